The maximum absolute atomic E-state index is 13.0. The smallest absolute Gasteiger partial charge is 0.291 e. The van der Waals surface area contributed by atoms with Gasteiger partial charge < -0.3 is 10.2 Å². The van der Waals surface area contributed by atoms with Gasteiger partial charge in [0.25, 0.3) is 11.1 Å². The molecular formula is C28H16N6O4S2. The van der Waals surface area contributed by atoms with E-state index in [2.05, 4.69) is 20.2 Å². The molecule has 0 spiro atoms. The Hall–Kier alpha value is -5.20. The normalized spacial score (nSPS) is 12.7. The summed E-state index contributed by atoms with van der Waals surface area (Å²) in [4.78, 5) is 36.1. The Kier molecular flexibility index (Phi) is 5.51. The van der Waals surface area contributed by atoms with E-state index in [0.717, 1.165) is 11.1 Å². The van der Waals surface area contributed by atoms with Crippen LogP contribution in [0.15, 0.2) is 82.4 Å². The Labute approximate surface area is 231 Å². The summed E-state index contributed by atoms with van der Waals surface area (Å²) in [6.07, 6.45) is 3.46. The van der Waals surface area contributed by atoms with Gasteiger partial charge in [-0.25, -0.2) is 0 Å². The van der Waals surface area contributed by atoms with Crippen LogP contribution in [0.4, 0.5) is 0 Å². The number of thiazole rings is 2. The quantitative estimate of drug-likeness (QED) is 0.333. The fraction of sp³-hybridized carbons (Fsp3) is 0. The molecule has 0 radical (unpaired) electrons. The monoisotopic (exact) mass is 564 g/mol. The van der Waals surface area contributed by atoms with Crippen LogP contribution in [0.3, 0.4) is 0 Å². The van der Waals surface area contributed by atoms with Crippen LogP contribution in [0.1, 0.15) is 11.1 Å². The molecule has 0 saturated carbocycles. The Morgan fingerprint density at radius 3 is 1.38 bits per heavy atom. The number of phenolic OH excluding ortho intramolecular Hbond substituents is 2. The Morgan fingerprint density at radius 2 is 1.00 bits per heavy atom. The Bertz CT molecular complexity index is 2120. The molecular weight excluding hydrogens is 548 g/mol. The lowest BCUT2D eigenvalue weighted by molar-refractivity contribution is 0.474. The van der Waals surface area contributed by atoms with Gasteiger partial charge in [-0.05, 0) is 47.5 Å². The first kappa shape index (κ1) is 23.9. The maximum Gasteiger partial charge on any atom is 0.291 e. The van der Waals surface area contributed by atoms with Crippen molar-refractivity contribution in [3.05, 3.63) is 114 Å². The first-order valence-corrected chi connectivity index (χ1v) is 13.6. The largest absolute Gasteiger partial charge is 0.508 e. The summed E-state index contributed by atoms with van der Waals surface area (Å²) in [5.41, 5.74) is 2.22. The molecule has 3 aromatic carbocycles. The third-order valence-electron chi connectivity index (χ3n) is 6.15. The number of aromatic hydroxyl groups is 2. The van der Waals surface area contributed by atoms with Crippen LogP contribution < -0.4 is 20.2 Å². The third kappa shape index (κ3) is 4.11. The second kappa shape index (κ2) is 9.22. The highest BCUT2D eigenvalue weighted by Crippen LogP contribution is 2.29. The molecule has 12 heteroatoms. The number of nitrogens with zero attached hydrogens (tertiary/aromatic N) is 6. The minimum absolute atomic E-state index is 0.150. The topological polar surface area (TPSA) is 135 Å². The van der Waals surface area contributed by atoms with Gasteiger partial charge in [-0.1, -0.05) is 71.2 Å². The van der Waals surface area contributed by atoms with Gasteiger partial charge >= 0.3 is 0 Å². The molecule has 0 unspecified atom stereocenters. The van der Waals surface area contributed by atoms with E-state index in [4.69, 9.17) is 0 Å². The van der Waals surface area contributed by atoms with Gasteiger partial charge in [0.05, 0.1) is 9.06 Å². The number of benzene rings is 3. The SMILES string of the molecule is O=c1/c(=C\c2ccc(O)cc2)sc2nc(-c3ccccc3-c3nc4s/c(=C/c5ccc(O)cc5)c(=O)n4n3)nn12. The first-order chi connectivity index (χ1) is 19.4. The molecule has 0 saturated heterocycles. The number of hydrogen-bond acceptors (Lipinski definition) is 10. The highest BCUT2D eigenvalue weighted by Gasteiger charge is 2.19. The summed E-state index contributed by atoms with van der Waals surface area (Å²) < 4.78 is 3.48. The molecule has 0 amide bonds. The number of rotatable bonds is 4. The van der Waals surface area contributed by atoms with Gasteiger partial charge in [0.1, 0.15) is 11.5 Å². The van der Waals surface area contributed by atoms with E-state index in [1.54, 1.807) is 60.7 Å². The van der Waals surface area contributed by atoms with Crippen LogP contribution in [0, 0.1) is 0 Å². The van der Waals surface area contributed by atoms with E-state index in [9.17, 15) is 19.8 Å². The third-order valence-corrected chi connectivity index (χ3v) is 8.07. The summed E-state index contributed by atoms with van der Waals surface area (Å²) in [6, 6.07) is 20.4. The number of fused-ring (bicyclic) bond motifs is 2. The molecule has 0 aliphatic carbocycles. The van der Waals surface area contributed by atoms with Gasteiger partial charge in [-0.15, -0.1) is 10.2 Å². The van der Waals surface area contributed by atoms with Gasteiger partial charge in [-0.3, -0.25) is 9.59 Å². The minimum atomic E-state index is -0.293. The van der Waals surface area contributed by atoms with Crippen molar-refractivity contribution in [2.45, 2.75) is 0 Å². The van der Waals surface area contributed by atoms with Gasteiger partial charge in [0.2, 0.25) is 9.92 Å². The van der Waals surface area contributed by atoms with Crippen LogP contribution in [-0.2, 0) is 0 Å². The first-order valence-electron chi connectivity index (χ1n) is 11.9. The zero-order chi connectivity index (χ0) is 27.4. The average molecular weight is 565 g/mol. The zero-order valence-electron chi connectivity index (χ0n) is 20.3. The second-order valence-electron chi connectivity index (χ2n) is 8.82. The summed E-state index contributed by atoms with van der Waals surface area (Å²) in [5, 5.41) is 27.9. The van der Waals surface area contributed by atoms with E-state index in [0.29, 0.717) is 41.8 Å². The van der Waals surface area contributed by atoms with Crippen molar-refractivity contribution in [2.24, 2.45) is 0 Å². The number of phenols is 2. The minimum Gasteiger partial charge on any atom is -0.508 e. The predicted molar refractivity (Wildman–Crippen MR) is 152 cm³/mol. The van der Waals surface area contributed by atoms with Crippen LogP contribution in [0.25, 0.3) is 44.8 Å². The van der Waals surface area contributed by atoms with Crippen molar-refractivity contribution in [2.75, 3.05) is 0 Å². The number of hydrogen-bond donors (Lipinski definition) is 2. The van der Waals surface area contributed by atoms with E-state index in [1.165, 1.54) is 31.7 Å². The molecule has 7 aromatic rings. The molecule has 10 nitrogen and oxygen atoms in total. The standard InChI is InChI=1S/C28H16N6O4S2/c35-17-9-5-15(6-10-17)13-21-25(37)33-27(39-21)29-23(31-33)19-3-1-2-4-20(19)24-30-28-34(32-24)26(38)22(40-28)14-16-7-11-18(36)12-8-16/h1-14,35-36H/b21-13+,22-14+. The van der Waals surface area contributed by atoms with Crippen LogP contribution in [-0.4, -0.2) is 39.4 Å². The van der Waals surface area contributed by atoms with E-state index < -0.39 is 0 Å². The van der Waals surface area contributed by atoms with E-state index in [-0.39, 0.29) is 22.6 Å². The van der Waals surface area contributed by atoms with E-state index >= 15 is 0 Å². The molecule has 2 N–H and O–H groups in total. The molecule has 0 fully saturated rings. The summed E-state index contributed by atoms with van der Waals surface area (Å²) in [5.74, 6) is 0.989. The second-order valence-corrected chi connectivity index (χ2v) is 10.8. The molecule has 0 aliphatic rings. The van der Waals surface area contributed by atoms with Crippen LogP contribution in [0.5, 0.6) is 11.5 Å². The summed E-state index contributed by atoms with van der Waals surface area (Å²) >= 11 is 2.43. The van der Waals surface area contributed by atoms with Crippen LogP contribution in [0.2, 0.25) is 0 Å². The number of aromatic nitrogens is 6. The molecule has 7 rings (SSSR count). The van der Waals surface area contributed by atoms with E-state index in [1.807, 2.05) is 24.3 Å². The highest BCUT2D eigenvalue weighted by atomic mass is 32.1. The summed E-state index contributed by atoms with van der Waals surface area (Å²) in [7, 11) is 0. The fourth-order valence-corrected chi connectivity index (χ4v) is 6.03. The van der Waals surface area contributed by atoms with Crippen LogP contribution >= 0.6 is 22.7 Å². The lowest BCUT2D eigenvalue weighted by Gasteiger charge is -2.01. The van der Waals surface area contributed by atoms with Gasteiger partial charge in [0, 0.05) is 11.1 Å². The molecule has 4 aromatic heterocycles. The molecule has 4 heterocycles. The Balaban J connectivity index is 1.27. The summed E-state index contributed by atoms with van der Waals surface area (Å²) in [6.45, 7) is 0. The van der Waals surface area contributed by atoms with Gasteiger partial charge in [0.15, 0.2) is 11.6 Å². The fourth-order valence-electron chi connectivity index (χ4n) is 4.21. The lowest BCUT2D eigenvalue weighted by atomic mass is 10.1. The molecule has 194 valence electrons. The highest BCUT2D eigenvalue weighted by molar-refractivity contribution is 7.15. The molecule has 0 bridgehead atoms. The van der Waals surface area contributed by atoms with Crippen molar-refractivity contribution in [3.8, 4) is 34.3 Å². The maximum atomic E-state index is 13.0. The molecule has 0 aliphatic heterocycles. The Morgan fingerprint density at radius 1 is 0.600 bits per heavy atom. The lowest BCUT2D eigenvalue weighted by Crippen LogP contribution is -2.23. The van der Waals surface area contributed by atoms with Crippen molar-refractivity contribution >= 4 is 44.7 Å². The van der Waals surface area contributed by atoms with Crippen molar-refractivity contribution in [3.63, 3.8) is 0 Å². The zero-order valence-corrected chi connectivity index (χ0v) is 21.9. The van der Waals surface area contributed by atoms with Crippen molar-refractivity contribution in [1.29, 1.82) is 0 Å². The molecule has 0 atom stereocenters. The average Bonchev–Trinajstić information content (AvgIpc) is 3.70. The molecule has 40 heavy (non-hydrogen) atoms. The van der Waals surface area contributed by atoms with Crippen molar-refractivity contribution < 1.29 is 10.2 Å². The van der Waals surface area contributed by atoms with Gasteiger partial charge in [-0.2, -0.15) is 19.0 Å². The predicted octanol–water partition coefficient (Wildman–Crippen LogP) is 2.46. The van der Waals surface area contributed by atoms with Crippen molar-refractivity contribution in [1.82, 2.24) is 29.2 Å².